The van der Waals surface area contributed by atoms with Crippen molar-refractivity contribution < 1.29 is 0 Å². The van der Waals surface area contributed by atoms with Crippen LogP contribution in [0.2, 0.25) is 0 Å². The summed E-state index contributed by atoms with van der Waals surface area (Å²) in [6.45, 7) is 5.47. The molecular weight excluding hydrogens is 258 g/mol. The Morgan fingerprint density at radius 1 is 1.19 bits per heavy atom. The molecule has 0 saturated carbocycles. The smallest absolute Gasteiger partial charge is 0.0779 e. The largest absolute Gasteiger partial charge is 0.315 e. The van der Waals surface area contributed by atoms with Gasteiger partial charge in [-0.3, -0.25) is 9.88 Å². The van der Waals surface area contributed by atoms with Gasteiger partial charge in [0.2, 0.25) is 0 Å². The second kappa shape index (κ2) is 6.83. The Morgan fingerprint density at radius 2 is 2.00 bits per heavy atom. The maximum Gasteiger partial charge on any atom is 0.0779 e. The second-order valence-electron chi connectivity index (χ2n) is 5.54. The Balaban J connectivity index is 1.98. The number of benzene rings is 1. The monoisotopic (exact) mass is 281 g/mol. The average molecular weight is 281 g/mol. The van der Waals surface area contributed by atoms with Crippen LogP contribution in [-0.2, 0) is 0 Å². The molecule has 1 aromatic carbocycles. The summed E-state index contributed by atoms with van der Waals surface area (Å²) >= 11 is 0. The molecule has 1 N–H and O–H groups in total. The molecule has 3 heteroatoms. The molecule has 21 heavy (non-hydrogen) atoms. The molecule has 2 aromatic rings. The lowest BCUT2D eigenvalue weighted by molar-refractivity contribution is 0.172. The second-order valence-corrected chi connectivity index (χ2v) is 5.54. The first kappa shape index (κ1) is 14.2. The van der Waals surface area contributed by atoms with Crippen molar-refractivity contribution in [3.63, 3.8) is 0 Å². The van der Waals surface area contributed by atoms with Gasteiger partial charge in [-0.05, 0) is 37.2 Å². The molecule has 2 atom stereocenters. The fourth-order valence-corrected chi connectivity index (χ4v) is 3.28. The third kappa shape index (κ3) is 3.14. The molecule has 110 valence electrons. The molecule has 1 aliphatic heterocycles. The van der Waals surface area contributed by atoms with Gasteiger partial charge in [0.15, 0.2) is 0 Å². The van der Waals surface area contributed by atoms with E-state index in [-0.39, 0.29) is 6.04 Å². The molecule has 2 unspecified atom stereocenters. The first-order valence-corrected chi connectivity index (χ1v) is 7.82. The van der Waals surface area contributed by atoms with Crippen molar-refractivity contribution in [2.75, 3.05) is 19.6 Å². The van der Waals surface area contributed by atoms with Gasteiger partial charge in [-0.1, -0.05) is 43.3 Å². The lowest BCUT2D eigenvalue weighted by Crippen LogP contribution is -2.40. The van der Waals surface area contributed by atoms with Crippen LogP contribution < -0.4 is 5.32 Å². The first-order chi connectivity index (χ1) is 10.4. The molecule has 0 aliphatic carbocycles. The summed E-state index contributed by atoms with van der Waals surface area (Å²) < 4.78 is 0. The van der Waals surface area contributed by atoms with Gasteiger partial charge in [0.05, 0.1) is 11.7 Å². The molecular formula is C18H23N3. The summed E-state index contributed by atoms with van der Waals surface area (Å²) in [5.74, 6) is 0. The van der Waals surface area contributed by atoms with E-state index in [1.165, 1.54) is 12.0 Å². The van der Waals surface area contributed by atoms with Gasteiger partial charge in [0, 0.05) is 18.8 Å². The summed E-state index contributed by atoms with van der Waals surface area (Å²) in [6, 6.07) is 17.8. The maximum absolute atomic E-state index is 4.63. The van der Waals surface area contributed by atoms with E-state index in [2.05, 4.69) is 64.6 Å². The highest BCUT2D eigenvalue weighted by Crippen LogP contribution is 2.30. The van der Waals surface area contributed by atoms with Crippen molar-refractivity contribution in [1.82, 2.24) is 15.2 Å². The van der Waals surface area contributed by atoms with Crippen LogP contribution in [0, 0.1) is 0 Å². The van der Waals surface area contributed by atoms with Crippen LogP contribution in [-0.4, -0.2) is 35.6 Å². The van der Waals surface area contributed by atoms with Gasteiger partial charge in [-0.15, -0.1) is 0 Å². The summed E-state index contributed by atoms with van der Waals surface area (Å²) in [7, 11) is 0. The molecule has 0 amide bonds. The van der Waals surface area contributed by atoms with Crippen molar-refractivity contribution >= 4 is 0 Å². The normalized spacial score (nSPS) is 19.8. The number of aromatic nitrogens is 1. The minimum atomic E-state index is 0.238. The first-order valence-electron chi connectivity index (χ1n) is 7.82. The van der Waals surface area contributed by atoms with Crippen molar-refractivity contribution in [3.05, 3.63) is 66.0 Å². The molecule has 3 nitrogen and oxygen atoms in total. The standard InChI is InChI=1S/C18H23N3/c1-2-21(16-11-13-19-14-16)18(15-8-4-3-5-9-15)17-10-6-7-12-20-17/h3-10,12,16,18-19H,2,11,13-14H2,1H3. The number of likely N-dealkylation sites (N-methyl/N-ethyl adjacent to an activating group) is 1. The molecule has 0 bridgehead atoms. The number of hydrogen-bond donors (Lipinski definition) is 1. The quantitative estimate of drug-likeness (QED) is 0.913. The molecule has 1 aromatic heterocycles. The van der Waals surface area contributed by atoms with E-state index in [1.54, 1.807) is 0 Å². The molecule has 1 aliphatic rings. The van der Waals surface area contributed by atoms with Gasteiger partial charge in [-0.25, -0.2) is 0 Å². The molecule has 0 spiro atoms. The van der Waals surface area contributed by atoms with Crippen molar-refractivity contribution in [3.8, 4) is 0 Å². The van der Waals surface area contributed by atoms with E-state index < -0.39 is 0 Å². The molecule has 0 radical (unpaired) electrons. The number of nitrogens with one attached hydrogen (secondary N) is 1. The van der Waals surface area contributed by atoms with E-state index in [0.717, 1.165) is 25.3 Å². The molecule has 1 fully saturated rings. The Morgan fingerprint density at radius 3 is 2.62 bits per heavy atom. The number of rotatable bonds is 5. The van der Waals surface area contributed by atoms with Gasteiger partial charge < -0.3 is 5.32 Å². The number of hydrogen-bond acceptors (Lipinski definition) is 3. The average Bonchev–Trinajstić information content (AvgIpc) is 3.08. The van der Waals surface area contributed by atoms with Crippen LogP contribution >= 0.6 is 0 Å². The maximum atomic E-state index is 4.63. The van der Waals surface area contributed by atoms with E-state index >= 15 is 0 Å². The Hall–Kier alpha value is -1.71. The minimum absolute atomic E-state index is 0.238. The lowest BCUT2D eigenvalue weighted by Gasteiger charge is -2.35. The van der Waals surface area contributed by atoms with Gasteiger partial charge >= 0.3 is 0 Å². The SMILES string of the molecule is CCN(C1CCNC1)C(c1ccccc1)c1ccccn1. The van der Waals surface area contributed by atoms with Crippen LogP contribution in [0.4, 0.5) is 0 Å². The predicted molar refractivity (Wildman–Crippen MR) is 86.2 cm³/mol. The lowest BCUT2D eigenvalue weighted by atomic mass is 9.99. The Labute approximate surface area is 127 Å². The number of nitrogens with zero attached hydrogens (tertiary/aromatic N) is 2. The topological polar surface area (TPSA) is 28.2 Å². The summed E-state index contributed by atoms with van der Waals surface area (Å²) in [6.07, 6.45) is 3.11. The molecule has 3 rings (SSSR count). The molecule has 1 saturated heterocycles. The summed E-state index contributed by atoms with van der Waals surface area (Å²) in [4.78, 5) is 7.21. The molecule has 2 heterocycles. The highest BCUT2D eigenvalue weighted by atomic mass is 15.2. The third-order valence-electron chi connectivity index (χ3n) is 4.28. The van der Waals surface area contributed by atoms with E-state index in [0.29, 0.717) is 6.04 Å². The van der Waals surface area contributed by atoms with Crippen molar-refractivity contribution in [2.45, 2.75) is 25.4 Å². The van der Waals surface area contributed by atoms with Gasteiger partial charge in [-0.2, -0.15) is 0 Å². The third-order valence-corrected chi connectivity index (χ3v) is 4.28. The minimum Gasteiger partial charge on any atom is -0.315 e. The zero-order valence-corrected chi connectivity index (χ0v) is 12.6. The highest BCUT2D eigenvalue weighted by Gasteiger charge is 2.30. The highest BCUT2D eigenvalue weighted by molar-refractivity contribution is 5.28. The summed E-state index contributed by atoms with van der Waals surface area (Å²) in [5.41, 5.74) is 2.46. The summed E-state index contributed by atoms with van der Waals surface area (Å²) in [5, 5.41) is 3.48. The van der Waals surface area contributed by atoms with Crippen molar-refractivity contribution in [2.24, 2.45) is 0 Å². The van der Waals surface area contributed by atoms with Crippen LogP contribution in [0.25, 0.3) is 0 Å². The van der Waals surface area contributed by atoms with Crippen LogP contribution in [0.15, 0.2) is 54.7 Å². The number of pyridine rings is 1. The van der Waals surface area contributed by atoms with E-state index in [1.807, 2.05) is 12.3 Å². The van der Waals surface area contributed by atoms with Gasteiger partial charge in [0.25, 0.3) is 0 Å². The zero-order valence-electron chi connectivity index (χ0n) is 12.6. The fourth-order valence-electron chi connectivity index (χ4n) is 3.28. The van der Waals surface area contributed by atoms with E-state index in [4.69, 9.17) is 0 Å². The van der Waals surface area contributed by atoms with Gasteiger partial charge in [0.1, 0.15) is 0 Å². The Bertz CT molecular complexity index is 495. The van der Waals surface area contributed by atoms with E-state index in [9.17, 15) is 0 Å². The van der Waals surface area contributed by atoms with Crippen molar-refractivity contribution in [1.29, 1.82) is 0 Å². The van der Waals surface area contributed by atoms with Crippen LogP contribution in [0.3, 0.4) is 0 Å². The van der Waals surface area contributed by atoms with Crippen LogP contribution in [0.5, 0.6) is 0 Å². The Kier molecular flexibility index (Phi) is 4.63. The predicted octanol–water partition coefficient (Wildman–Crippen LogP) is 2.85. The van der Waals surface area contributed by atoms with Crippen LogP contribution in [0.1, 0.15) is 30.6 Å². The zero-order chi connectivity index (χ0) is 14.5. The fraction of sp³-hybridized carbons (Fsp3) is 0.389.